The SMILES string of the molecule is CNC(=O)c1c(-c2ccc(F)cc2)oc2cc(N(CC(C)N)S(C)(=O)=O)c(-c3cccc(-c4nc5ncccc5o4)c3)cc12. The maximum absolute atomic E-state index is 13.7. The number of carbonyl (C=O) groups excluding carboxylic acids is 1. The van der Waals surface area contributed by atoms with Gasteiger partial charge in [0.1, 0.15) is 17.2 Å². The maximum Gasteiger partial charge on any atom is 0.255 e. The van der Waals surface area contributed by atoms with Crippen molar-refractivity contribution in [2.24, 2.45) is 5.73 Å². The zero-order chi connectivity index (χ0) is 31.2. The van der Waals surface area contributed by atoms with Crippen LogP contribution in [0, 0.1) is 5.82 Å². The molecular formula is C32H28FN5O5S. The summed E-state index contributed by atoms with van der Waals surface area (Å²) >= 11 is 0. The van der Waals surface area contributed by atoms with E-state index >= 15 is 0 Å². The minimum atomic E-state index is -3.82. The second kappa shape index (κ2) is 11.2. The van der Waals surface area contributed by atoms with Crippen molar-refractivity contribution in [1.29, 1.82) is 0 Å². The number of nitrogens with one attached hydrogen (secondary N) is 1. The third kappa shape index (κ3) is 5.40. The van der Waals surface area contributed by atoms with Crippen LogP contribution in [0.1, 0.15) is 17.3 Å². The fourth-order valence-corrected chi connectivity index (χ4v) is 6.13. The number of nitrogens with zero attached hydrogens (tertiary/aromatic N) is 3. The number of hydrogen-bond acceptors (Lipinski definition) is 8. The summed E-state index contributed by atoms with van der Waals surface area (Å²) in [6.45, 7) is 1.70. The first-order valence-electron chi connectivity index (χ1n) is 13.7. The van der Waals surface area contributed by atoms with Crippen LogP contribution in [0.3, 0.4) is 0 Å². The van der Waals surface area contributed by atoms with Crippen LogP contribution in [0.15, 0.2) is 87.8 Å². The van der Waals surface area contributed by atoms with Gasteiger partial charge in [0.05, 0.1) is 17.5 Å². The minimum absolute atomic E-state index is 0.0122. The number of fused-ring (bicyclic) bond motifs is 2. The van der Waals surface area contributed by atoms with E-state index in [0.29, 0.717) is 50.4 Å². The van der Waals surface area contributed by atoms with Crippen molar-refractivity contribution in [3.05, 3.63) is 90.4 Å². The first-order valence-corrected chi connectivity index (χ1v) is 15.5. The third-order valence-electron chi connectivity index (χ3n) is 7.08. The van der Waals surface area contributed by atoms with E-state index in [2.05, 4.69) is 15.3 Å². The van der Waals surface area contributed by atoms with E-state index in [9.17, 15) is 17.6 Å². The predicted molar refractivity (Wildman–Crippen MR) is 167 cm³/mol. The number of amides is 1. The van der Waals surface area contributed by atoms with Crippen LogP contribution >= 0.6 is 0 Å². The summed E-state index contributed by atoms with van der Waals surface area (Å²) in [5.41, 5.74) is 10.1. The highest BCUT2D eigenvalue weighted by molar-refractivity contribution is 7.92. The number of anilines is 1. The van der Waals surface area contributed by atoms with Gasteiger partial charge < -0.3 is 19.9 Å². The smallest absolute Gasteiger partial charge is 0.255 e. The lowest BCUT2D eigenvalue weighted by atomic mass is 9.97. The van der Waals surface area contributed by atoms with Crippen molar-refractivity contribution in [1.82, 2.24) is 15.3 Å². The van der Waals surface area contributed by atoms with Crippen LogP contribution < -0.4 is 15.4 Å². The lowest BCUT2D eigenvalue weighted by molar-refractivity contribution is 0.0964. The molecule has 0 saturated heterocycles. The Hall–Kier alpha value is -5.07. The molecule has 3 N–H and O–H groups in total. The molecule has 1 atom stereocenters. The van der Waals surface area contributed by atoms with Crippen LogP contribution in [0.25, 0.3) is 56.1 Å². The summed E-state index contributed by atoms with van der Waals surface area (Å²) in [6, 6.07) is 19.2. The highest BCUT2D eigenvalue weighted by Gasteiger charge is 2.28. The van der Waals surface area contributed by atoms with Gasteiger partial charge in [-0.05, 0) is 67.1 Å². The summed E-state index contributed by atoms with van der Waals surface area (Å²) in [5, 5.41) is 3.09. The van der Waals surface area contributed by atoms with Gasteiger partial charge in [-0.1, -0.05) is 12.1 Å². The van der Waals surface area contributed by atoms with Crippen molar-refractivity contribution in [2.75, 3.05) is 24.2 Å². The first kappa shape index (κ1) is 29.0. The molecule has 3 heterocycles. The Bertz CT molecular complexity index is 2110. The third-order valence-corrected chi connectivity index (χ3v) is 8.22. The number of oxazole rings is 1. The van der Waals surface area contributed by atoms with Gasteiger partial charge in [0, 0.05) is 54.0 Å². The fraction of sp³-hybridized carbons (Fsp3) is 0.156. The van der Waals surface area contributed by atoms with Crippen LogP contribution in [0.4, 0.5) is 10.1 Å². The fourth-order valence-electron chi connectivity index (χ4n) is 5.11. The standard InChI is InChI=1S/C32H28FN5O5S/c1-18(34)17-38(44(3,40)41)25-16-27-24(28(31(39)35-2)29(42-27)19-9-11-22(33)12-10-19)15-23(25)20-6-4-7-21(14-20)32-37-30-26(43-32)8-5-13-36-30/h4-16,18H,17,34H2,1-3H3,(H,35,39). The summed E-state index contributed by atoms with van der Waals surface area (Å²) in [7, 11) is -2.32. The Labute approximate surface area is 252 Å². The Morgan fingerprint density at radius 1 is 1.00 bits per heavy atom. The second-order valence-electron chi connectivity index (χ2n) is 10.5. The molecule has 0 bridgehead atoms. The van der Waals surface area contributed by atoms with E-state index < -0.39 is 27.8 Å². The molecule has 224 valence electrons. The topological polar surface area (TPSA) is 145 Å². The zero-order valence-electron chi connectivity index (χ0n) is 24.0. The zero-order valence-corrected chi connectivity index (χ0v) is 24.9. The van der Waals surface area contributed by atoms with Crippen molar-refractivity contribution in [3.63, 3.8) is 0 Å². The normalized spacial score (nSPS) is 12.5. The second-order valence-corrected chi connectivity index (χ2v) is 12.4. The van der Waals surface area contributed by atoms with Gasteiger partial charge in [-0.25, -0.2) is 17.8 Å². The quantitative estimate of drug-likeness (QED) is 0.226. The average molecular weight is 614 g/mol. The molecule has 12 heteroatoms. The molecule has 0 spiro atoms. The largest absolute Gasteiger partial charge is 0.455 e. The number of furan rings is 1. The number of hydrogen-bond donors (Lipinski definition) is 2. The number of nitrogens with two attached hydrogens (primary N) is 1. The summed E-state index contributed by atoms with van der Waals surface area (Å²) < 4.78 is 53.4. The molecule has 6 rings (SSSR count). The number of aromatic nitrogens is 2. The van der Waals surface area contributed by atoms with Crippen molar-refractivity contribution in [2.45, 2.75) is 13.0 Å². The summed E-state index contributed by atoms with van der Waals surface area (Å²) in [5.74, 6) is -0.310. The van der Waals surface area contributed by atoms with Crippen molar-refractivity contribution in [3.8, 4) is 33.9 Å². The number of pyridine rings is 1. The Morgan fingerprint density at radius 2 is 1.75 bits per heavy atom. The number of carbonyl (C=O) groups is 1. The van der Waals surface area contributed by atoms with E-state index in [4.69, 9.17) is 14.6 Å². The molecule has 0 aliphatic carbocycles. The van der Waals surface area contributed by atoms with Gasteiger partial charge in [0.2, 0.25) is 15.9 Å². The van der Waals surface area contributed by atoms with Crippen LogP contribution in [-0.4, -0.2) is 50.2 Å². The predicted octanol–water partition coefficient (Wildman–Crippen LogP) is 5.58. The molecule has 0 fully saturated rings. The highest BCUT2D eigenvalue weighted by atomic mass is 32.2. The monoisotopic (exact) mass is 613 g/mol. The van der Waals surface area contributed by atoms with Gasteiger partial charge in [-0.3, -0.25) is 9.10 Å². The Morgan fingerprint density at radius 3 is 2.43 bits per heavy atom. The maximum atomic E-state index is 13.7. The van der Waals surface area contributed by atoms with Crippen molar-refractivity contribution < 1.29 is 26.4 Å². The summed E-state index contributed by atoms with van der Waals surface area (Å²) in [6.07, 6.45) is 2.73. The molecular weight excluding hydrogens is 585 g/mol. The number of sulfonamides is 1. The van der Waals surface area contributed by atoms with E-state index in [0.717, 1.165) is 6.26 Å². The van der Waals surface area contributed by atoms with E-state index in [1.165, 1.54) is 35.6 Å². The van der Waals surface area contributed by atoms with E-state index in [-0.39, 0.29) is 23.5 Å². The summed E-state index contributed by atoms with van der Waals surface area (Å²) in [4.78, 5) is 22.0. The van der Waals surface area contributed by atoms with Gasteiger partial charge in [0.15, 0.2) is 11.2 Å². The number of rotatable bonds is 8. The lowest BCUT2D eigenvalue weighted by Crippen LogP contribution is -2.39. The van der Waals surface area contributed by atoms with Gasteiger partial charge in [-0.2, -0.15) is 4.98 Å². The van der Waals surface area contributed by atoms with Gasteiger partial charge in [-0.15, -0.1) is 0 Å². The highest BCUT2D eigenvalue weighted by Crippen LogP contribution is 2.42. The van der Waals surface area contributed by atoms with Crippen LogP contribution in [0.5, 0.6) is 0 Å². The van der Waals surface area contributed by atoms with E-state index in [1.807, 2.05) is 18.2 Å². The number of benzene rings is 3. The molecule has 3 aromatic heterocycles. The molecule has 0 aliphatic rings. The van der Waals surface area contributed by atoms with E-state index in [1.54, 1.807) is 43.5 Å². The number of halogens is 1. The van der Waals surface area contributed by atoms with Gasteiger partial charge >= 0.3 is 0 Å². The molecule has 44 heavy (non-hydrogen) atoms. The van der Waals surface area contributed by atoms with Gasteiger partial charge in [0.25, 0.3) is 5.91 Å². The first-order chi connectivity index (χ1) is 21.0. The molecule has 6 aromatic rings. The van der Waals surface area contributed by atoms with Crippen molar-refractivity contribution >= 4 is 43.8 Å². The molecule has 0 radical (unpaired) electrons. The molecule has 0 aliphatic heterocycles. The molecule has 1 unspecified atom stereocenters. The minimum Gasteiger partial charge on any atom is -0.455 e. The molecule has 1 amide bonds. The Balaban J connectivity index is 1.63. The van der Waals surface area contributed by atoms with Crippen LogP contribution in [0.2, 0.25) is 0 Å². The molecule has 0 saturated carbocycles. The average Bonchev–Trinajstić information content (AvgIpc) is 3.60. The molecule has 3 aromatic carbocycles. The Kier molecular flexibility index (Phi) is 7.39. The van der Waals surface area contributed by atoms with Crippen LogP contribution in [-0.2, 0) is 10.0 Å². The molecule has 10 nitrogen and oxygen atoms in total. The lowest BCUT2D eigenvalue weighted by Gasteiger charge is -2.26.